The summed E-state index contributed by atoms with van der Waals surface area (Å²) in [5.41, 5.74) is -1.74. The van der Waals surface area contributed by atoms with Crippen LogP contribution in [0.3, 0.4) is 0 Å². The smallest absolute Gasteiger partial charge is 0.187 e. The number of ether oxygens (including phenoxy) is 4. The van der Waals surface area contributed by atoms with Crippen LogP contribution in [0.1, 0.15) is 106 Å². The first-order valence-electron chi connectivity index (χ1n) is 20.9. The molecule has 7 aliphatic rings. The Morgan fingerprint density at radius 3 is 2.07 bits per heavy atom. The Labute approximate surface area is 325 Å². The molecule has 0 radical (unpaired) electrons. The number of rotatable bonds is 10. The molecule has 14 heteroatoms. The normalized spacial score (nSPS) is 53.6. The third-order valence-corrected chi connectivity index (χ3v) is 17.3. The molecule has 7 fully saturated rings. The number of aliphatic hydroxyl groups excluding tert-OH is 9. The molecule has 10 N–H and O–H groups in total. The topological polar surface area (TPSA) is 239 Å². The molecule has 0 bridgehead atoms. The largest absolute Gasteiger partial charge is 0.394 e. The van der Waals surface area contributed by atoms with Gasteiger partial charge in [-0.05, 0) is 122 Å². The molecule has 55 heavy (non-hydrogen) atoms. The van der Waals surface area contributed by atoms with Gasteiger partial charge in [0.2, 0.25) is 0 Å². The van der Waals surface area contributed by atoms with Crippen LogP contribution in [0.2, 0.25) is 0 Å². The van der Waals surface area contributed by atoms with E-state index in [2.05, 4.69) is 34.6 Å². The summed E-state index contributed by atoms with van der Waals surface area (Å²) in [6.07, 6.45) is -8.24. The van der Waals surface area contributed by atoms with Crippen LogP contribution in [-0.4, -0.2) is 150 Å². The van der Waals surface area contributed by atoms with Crippen molar-refractivity contribution in [2.45, 2.75) is 192 Å². The first kappa shape index (κ1) is 42.6. The molecule has 2 saturated heterocycles. The molecule has 21 atom stereocenters. The van der Waals surface area contributed by atoms with Gasteiger partial charge in [0.05, 0.1) is 37.1 Å². The fourth-order valence-electron chi connectivity index (χ4n) is 14.3. The second-order valence-corrected chi connectivity index (χ2v) is 20.7. The molecule has 0 amide bonds. The standard InChI is InChI=1S/C41H70O14/c1-19(14-20(43)33(50)37(4,5)51)27-21(44)15-39(7)25-9-8-24-36(2,3)26(10-11-40(24)18-41(25,40)13-12-38(27,39)6)54-35-32(28(46)22(45)17-52-35)55-34-31(49)30(48)29(47)23(16-42)53-34/h19-35,42-51H,8-18H2,1-7H3/t19-,20-,21+,22-,23-,24+,25+,26+,27+,28+,29-,30+,31-,32-,33-,34+,35+,38-,39+,40-,41+/m1/s1. The van der Waals surface area contributed by atoms with Crippen LogP contribution < -0.4 is 0 Å². The molecule has 0 aromatic carbocycles. The number of fused-ring (bicyclic) bond motifs is 2. The summed E-state index contributed by atoms with van der Waals surface area (Å²) < 4.78 is 24.2. The third-order valence-electron chi connectivity index (χ3n) is 17.3. The summed E-state index contributed by atoms with van der Waals surface area (Å²) in [7, 11) is 0. The molecular formula is C41H70O14. The number of aliphatic hydroxyl groups is 10. The Morgan fingerprint density at radius 1 is 0.764 bits per heavy atom. The van der Waals surface area contributed by atoms with E-state index in [0.29, 0.717) is 24.7 Å². The van der Waals surface area contributed by atoms with E-state index in [0.717, 1.165) is 44.9 Å². The van der Waals surface area contributed by atoms with Crippen molar-refractivity contribution in [3.8, 4) is 0 Å². The van der Waals surface area contributed by atoms with Crippen LogP contribution in [0.5, 0.6) is 0 Å². The molecular weight excluding hydrogens is 716 g/mol. The van der Waals surface area contributed by atoms with Crippen molar-refractivity contribution < 1.29 is 70.0 Å². The van der Waals surface area contributed by atoms with Crippen molar-refractivity contribution in [2.75, 3.05) is 13.2 Å². The van der Waals surface area contributed by atoms with Crippen molar-refractivity contribution in [3.63, 3.8) is 0 Å². The predicted molar refractivity (Wildman–Crippen MR) is 196 cm³/mol. The Bertz CT molecular complexity index is 1390. The summed E-state index contributed by atoms with van der Waals surface area (Å²) in [6, 6.07) is 0. The molecule has 318 valence electrons. The van der Waals surface area contributed by atoms with Crippen molar-refractivity contribution >= 4 is 0 Å². The second kappa shape index (κ2) is 14.3. The highest BCUT2D eigenvalue weighted by Crippen LogP contribution is 2.89. The quantitative estimate of drug-likeness (QED) is 0.136. The molecule has 0 aromatic rings. The zero-order chi connectivity index (χ0) is 40.4. The molecule has 5 aliphatic carbocycles. The Kier molecular flexibility index (Phi) is 11.1. The molecule has 0 aromatic heterocycles. The minimum Gasteiger partial charge on any atom is -0.394 e. The molecule has 7 rings (SSSR count). The van der Waals surface area contributed by atoms with E-state index >= 15 is 0 Å². The highest BCUT2D eigenvalue weighted by Gasteiger charge is 2.83. The maximum absolute atomic E-state index is 11.8. The summed E-state index contributed by atoms with van der Waals surface area (Å²) in [6.45, 7) is 13.5. The van der Waals surface area contributed by atoms with E-state index in [-0.39, 0.29) is 51.6 Å². The predicted octanol–water partition coefficient (Wildman–Crippen LogP) is 0.564. The molecule has 2 heterocycles. The molecule has 5 saturated carbocycles. The van der Waals surface area contributed by atoms with Crippen molar-refractivity contribution in [1.29, 1.82) is 0 Å². The first-order valence-corrected chi connectivity index (χ1v) is 20.9. The Hall–Kier alpha value is -0.560. The maximum atomic E-state index is 11.8. The van der Waals surface area contributed by atoms with Gasteiger partial charge in [0.25, 0.3) is 0 Å². The second-order valence-electron chi connectivity index (χ2n) is 20.7. The van der Waals surface area contributed by atoms with E-state index in [4.69, 9.17) is 18.9 Å². The van der Waals surface area contributed by atoms with Gasteiger partial charge in [-0.3, -0.25) is 0 Å². The summed E-state index contributed by atoms with van der Waals surface area (Å²) in [4.78, 5) is 0. The Balaban J connectivity index is 1.07. The van der Waals surface area contributed by atoms with Gasteiger partial charge < -0.3 is 70.0 Å². The molecule has 0 unspecified atom stereocenters. The van der Waals surface area contributed by atoms with Gasteiger partial charge in [-0.2, -0.15) is 0 Å². The van der Waals surface area contributed by atoms with Gasteiger partial charge >= 0.3 is 0 Å². The summed E-state index contributed by atoms with van der Waals surface area (Å²) in [5.74, 6) is 0.658. The van der Waals surface area contributed by atoms with E-state index in [9.17, 15) is 51.1 Å². The average molecular weight is 787 g/mol. The zero-order valence-electron chi connectivity index (χ0n) is 33.7. The lowest BCUT2D eigenvalue weighted by Gasteiger charge is -2.63. The fourth-order valence-corrected chi connectivity index (χ4v) is 14.3. The van der Waals surface area contributed by atoms with Gasteiger partial charge in [-0.1, -0.05) is 34.6 Å². The highest BCUT2D eigenvalue weighted by atomic mass is 16.8. The van der Waals surface area contributed by atoms with Gasteiger partial charge in [-0.15, -0.1) is 0 Å². The van der Waals surface area contributed by atoms with E-state index in [1.807, 2.05) is 0 Å². The van der Waals surface area contributed by atoms with Gasteiger partial charge in [0, 0.05) is 0 Å². The fraction of sp³-hybridized carbons (Fsp3) is 1.00. The molecule has 2 spiro atoms. The van der Waals surface area contributed by atoms with E-state index in [1.165, 1.54) is 13.8 Å². The van der Waals surface area contributed by atoms with Crippen LogP contribution in [0, 0.1) is 50.7 Å². The zero-order valence-corrected chi connectivity index (χ0v) is 33.7. The van der Waals surface area contributed by atoms with Gasteiger partial charge in [-0.25, -0.2) is 0 Å². The minimum absolute atomic E-state index is 0.0472. The SMILES string of the molecule is C[C@H](C[C@@H](O)[C@@H](O)C(C)(C)O)[C@H]1[C@@H](O)C[C@@]2(C)[C@@H]3CC[C@H]4C(C)(C)[C@@H](O[C@@H]5OC[C@@H](O)[C@H](O)[C@H]5O[C@@H]5O[C@H](CO)[C@@H](O)[C@H](O)[C@H]5O)CC[C@@]45C[C@@]35CC[C@]12C. The minimum atomic E-state index is -1.70. The maximum Gasteiger partial charge on any atom is 0.187 e. The molecule has 2 aliphatic heterocycles. The van der Waals surface area contributed by atoms with Crippen LogP contribution >= 0.6 is 0 Å². The lowest BCUT2D eigenvalue weighted by atomic mass is 9.41. The van der Waals surface area contributed by atoms with Crippen LogP contribution in [0.4, 0.5) is 0 Å². The van der Waals surface area contributed by atoms with E-state index in [1.54, 1.807) is 0 Å². The average Bonchev–Trinajstić information content (AvgIpc) is 3.72. The van der Waals surface area contributed by atoms with Gasteiger partial charge in [0.15, 0.2) is 12.6 Å². The van der Waals surface area contributed by atoms with E-state index < -0.39 is 85.8 Å². The summed E-state index contributed by atoms with van der Waals surface area (Å²) in [5, 5.41) is 106. The van der Waals surface area contributed by atoms with Crippen LogP contribution in [0.15, 0.2) is 0 Å². The lowest BCUT2D eigenvalue weighted by Crippen LogP contribution is -2.63. The van der Waals surface area contributed by atoms with Crippen molar-refractivity contribution in [1.82, 2.24) is 0 Å². The third kappa shape index (κ3) is 6.33. The number of hydrogen-bond acceptors (Lipinski definition) is 14. The van der Waals surface area contributed by atoms with Crippen molar-refractivity contribution in [3.05, 3.63) is 0 Å². The van der Waals surface area contributed by atoms with Crippen LogP contribution in [0.25, 0.3) is 0 Å². The summed E-state index contributed by atoms with van der Waals surface area (Å²) >= 11 is 0. The first-order chi connectivity index (χ1) is 25.5. The number of hydrogen-bond donors (Lipinski definition) is 10. The molecule has 14 nitrogen and oxygen atoms in total. The van der Waals surface area contributed by atoms with Gasteiger partial charge in [0.1, 0.15) is 48.8 Å². The lowest BCUT2D eigenvalue weighted by molar-refractivity contribution is -0.366. The highest BCUT2D eigenvalue weighted by molar-refractivity contribution is 5.31. The monoisotopic (exact) mass is 786 g/mol. The Morgan fingerprint density at radius 2 is 1.42 bits per heavy atom. The van der Waals surface area contributed by atoms with Crippen LogP contribution in [-0.2, 0) is 18.9 Å². The van der Waals surface area contributed by atoms with Crippen molar-refractivity contribution in [2.24, 2.45) is 50.7 Å².